The molecule has 3 rings (SSSR count). The van der Waals surface area contributed by atoms with E-state index in [2.05, 4.69) is 10.6 Å². The lowest BCUT2D eigenvalue weighted by Gasteiger charge is -2.19. The summed E-state index contributed by atoms with van der Waals surface area (Å²) in [5.41, 5.74) is 7.12. The first kappa shape index (κ1) is 24.6. The number of hydrogen-bond donors (Lipinski definition) is 4. The number of nitrogens with zero attached hydrogens (tertiary/aromatic N) is 1. The largest absolute Gasteiger partial charge is 0.483 e. The number of rotatable bonds is 8. The maximum atomic E-state index is 15.0. The Hall–Kier alpha value is -3.99. The molecule has 10 nitrogen and oxygen atoms in total. The average Bonchev–Trinajstić information content (AvgIpc) is 3.21. The Morgan fingerprint density at radius 1 is 1.29 bits per heavy atom. The van der Waals surface area contributed by atoms with Crippen LogP contribution in [0.1, 0.15) is 18.5 Å². The lowest BCUT2D eigenvalue weighted by molar-refractivity contribution is -0.120. The van der Waals surface area contributed by atoms with Gasteiger partial charge in [-0.3, -0.25) is 19.9 Å². The van der Waals surface area contributed by atoms with Crippen LogP contribution in [0.25, 0.3) is 11.1 Å². The van der Waals surface area contributed by atoms with Gasteiger partial charge in [0.2, 0.25) is 17.7 Å². The molecule has 3 amide bonds. The molecule has 2 aromatic rings. The predicted molar refractivity (Wildman–Crippen MR) is 123 cm³/mol. The molecule has 0 bridgehead atoms. The number of nitrogens with two attached hydrogens (primary N) is 1. The monoisotopic (exact) mass is 471 g/mol. The zero-order valence-corrected chi connectivity index (χ0v) is 18.8. The fraction of sp³-hybridized carbons (Fsp3) is 0.304. The van der Waals surface area contributed by atoms with Gasteiger partial charge in [0.05, 0.1) is 32.4 Å². The first-order valence-electron chi connectivity index (χ1n) is 10.5. The first-order valence-corrected chi connectivity index (χ1v) is 10.5. The lowest BCUT2D eigenvalue weighted by Crippen LogP contribution is -2.37. The van der Waals surface area contributed by atoms with Gasteiger partial charge < -0.3 is 25.8 Å². The van der Waals surface area contributed by atoms with Crippen LogP contribution >= 0.6 is 0 Å². The Bertz CT molecular complexity index is 1090. The van der Waals surface area contributed by atoms with E-state index >= 15 is 0 Å². The van der Waals surface area contributed by atoms with Gasteiger partial charge in [-0.25, -0.2) is 9.18 Å². The maximum absolute atomic E-state index is 15.0. The van der Waals surface area contributed by atoms with Gasteiger partial charge in [-0.1, -0.05) is 24.3 Å². The third-order valence-electron chi connectivity index (χ3n) is 5.24. The SMILES string of the molecule is COC(=N)C(NC(=O)CN)c1ccc(-c2ccc(N3CC(CNC(C)=O)OC3=O)cc2F)cc1. The van der Waals surface area contributed by atoms with E-state index in [0.29, 0.717) is 22.4 Å². The molecule has 1 aliphatic heterocycles. The molecule has 0 aliphatic carbocycles. The van der Waals surface area contributed by atoms with Gasteiger partial charge in [0.1, 0.15) is 18.0 Å². The molecule has 1 saturated heterocycles. The van der Waals surface area contributed by atoms with Crippen LogP contribution in [0.5, 0.6) is 0 Å². The summed E-state index contributed by atoms with van der Waals surface area (Å²) in [5, 5.41) is 13.1. The number of anilines is 1. The van der Waals surface area contributed by atoms with Crippen molar-refractivity contribution in [3.8, 4) is 11.1 Å². The number of halogens is 1. The van der Waals surface area contributed by atoms with Crippen LogP contribution in [0.3, 0.4) is 0 Å². The zero-order chi connectivity index (χ0) is 24.8. The number of benzene rings is 2. The summed E-state index contributed by atoms with van der Waals surface area (Å²) >= 11 is 0. The normalized spacial score (nSPS) is 15.9. The standard InChI is InChI=1S/C23H26FN5O5/c1-13(30)27-11-17-12-29(23(32)34-17)16-7-8-18(19(24)9-16)14-3-5-15(6-4-14)21(22(26)33-2)28-20(31)10-25/h3-9,17,21,26H,10-12,25H2,1-2H3,(H,27,30)(H,28,31). The molecular formula is C23H26FN5O5. The van der Waals surface area contributed by atoms with Crippen molar-refractivity contribution in [1.29, 1.82) is 5.41 Å². The predicted octanol–water partition coefficient (Wildman–Crippen LogP) is 1.69. The fourth-order valence-corrected chi connectivity index (χ4v) is 3.50. The highest BCUT2D eigenvalue weighted by Gasteiger charge is 2.32. The number of cyclic esters (lactones) is 1. The summed E-state index contributed by atoms with van der Waals surface area (Å²) in [6.07, 6.45) is -1.14. The minimum atomic E-state index is -0.825. The Morgan fingerprint density at radius 3 is 2.59 bits per heavy atom. The number of hydrogen-bond acceptors (Lipinski definition) is 7. The van der Waals surface area contributed by atoms with Crippen LogP contribution in [-0.2, 0) is 19.1 Å². The molecule has 2 atom stereocenters. The van der Waals surface area contributed by atoms with Crippen LogP contribution in [-0.4, -0.2) is 56.7 Å². The van der Waals surface area contributed by atoms with Crippen molar-refractivity contribution in [2.45, 2.75) is 19.1 Å². The van der Waals surface area contributed by atoms with Gasteiger partial charge in [0.15, 0.2) is 0 Å². The van der Waals surface area contributed by atoms with E-state index in [0.717, 1.165) is 0 Å². The molecule has 5 N–H and O–H groups in total. The van der Waals surface area contributed by atoms with Crippen LogP contribution in [0.4, 0.5) is 14.9 Å². The Kier molecular flexibility index (Phi) is 7.79. The van der Waals surface area contributed by atoms with Crippen molar-refractivity contribution in [3.05, 3.63) is 53.8 Å². The van der Waals surface area contributed by atoms with E-state index in [1.165, 1.54) is 25.0 Å². The molecule has 180 valence electrons. The van der Waals surface area contributed by atoms with Crippen LogP contribution in [0.15, 0.2) is 42.5 Å². The van der Waals surface area contributed by atoms with E-state index in [1.54, 1.807) is 36.4 Å². The number of ether oxygens (including phenoxy) is 2. The summed E-state index contributed by atoms with van der Waals surface area (Å²) in [6.45, 7) is 1.50. The van der Waals surface area contributed by atoms with Crippen molar-refractivity contribution < 1.29 is 28.2 Å². The first-order chi connectivity index (χ1) is 16.2. The summed E-state index contributed by atoms with van der Waals surface area (Å²) in [7, 11) is 1.33. The lowest BCUT2D eigenvalue weighted by atomic mass is 9.99. The van der Waals surface area contributed by atoms with Crippen molar-refractivity contribution in [3.63, 3.8) is 0 Å². The van der Waals surface area contributed by atoms with E-state index in [-0.39, 0.29) is 31.4 Å². The molecule has 2 unspecified atom stereocenters. The highest BCUT2D eigenvalue weighted by molar-refractivity contribution is 5.90. The quantitative estimate of drug-likeness (QED) is 0.340. The number of nitrogens with one attached hydrogen (secondary N) is 3. The second-order valence-electron chi connectivity index (χ2n) is 7.61. The highest BCUT2D eigenvalue weighted by Crippen LogP contribution is 2.30. The summed E-state index contributed by atoms with van der Waals surface area (Å²) < 4.78 is 25.1. The molecule has 0 aromatic heterocycles. The van der Waals surface area contributed by atoms with E-state index in [9.17, 15) is 18.8 Å². The molecule has 1 aliphatic rings. The minimum Gasteiger partial charge on any atom is -0.483 e. The van der Waals surface area contributed by atoms with Gasteiger partial charge in [-0.05, 0) is 29.3 Å². The Labute approximate surface area is 195 Å². The van der Waals surface area contributed by atoms with Gasteiger partial charge in [-0.15, -0.1) is 0 Å². The van der Waals surface area contributed by atoms with E-state index < -0.39 is 30.0 Å². The molecule has 1 heterocycles. The minimum absolute atomic E-state index is 0.167. The Morgan fingerprint density at radius 2 is 2.00 bits per heavy atom. The summed E-state index contributed by atoms with van der Waals surface area (Å²) in [6, 6.07) is 10.2. The number of methoxy groups -OCH3 is 1. The third-order valence-corrected chi connectivity index (χ3v) is 5.24. The number of carbonyl (C=O) groups excluding carboxylic acids is 3. The molecule has 0 saturated carbocycles. The summed E-state index contributed by atoms with van der Waals surface area (Å²) in [5.74, 6) is -1.39. The van der Waals surface area contributed by atoms with Crippen LogP contribution in [0, 0.1) is 11.2 Å². The van der Waals surface area contributed by atoms with E-state index in [1.807, 2.05) is 0 Å². The molecule has 0 radical (unpaired) electrons. The van der Waals surface area contributed by atoms with Crippen molar-refractivity contribution in [2.24, 2.45) is 5.73 Å². The van der Waals surface area contributed by atoms with Crippen LogP contribution in [0.2, 0.25) is 0 Å². The third kappa shape index (κ3) is 5.67. The smallest absolute Gasteiger partial charge is 0.414 e. The zero-order valence-electron chi connectivity index (χ0n) is 18.8. The maximum Gasteiger partial charge on any atom is 0.414 e. The number of amides is 3. The Balaban J connectivity index is 1.77. The van der Waals surface area contributed by atoms with Gasteiger partial charge in [-0.2, -0.15) is 0 Å². The second-order valence-corrected chi connectivity index (χ2v) is 7.61. The van der Waals surface area contributed by atoms with Crippen molar-refractivity contribution >= 4 is 29.5 Å². The molecule has 0 spiro atoms. The molecule has 11 heteroatoms. The van der Waals surface area contributed by atoms with Crippen molar-refractivity contribution in [1.82, 2.24) is 10.6 Å². The molecule has 34 heavy (non-hydrogen) atoms. The summed E-state index contributed by atoms with van der Waals surface area (Å²) in [4.78, 5) is 36.3. The highest BCUT2D eigenvalue weighted by atomic mass is 19.1. The molecule has 1 fully saturated rings. The number of carbonyl (C=O) groups is 3. The average molecular weight is 471 g/mol. The fourth-order valence-electron chi connectivity index (χ4n) is 3.50. The van der Waals surface area contributed by atoms with Crippen molar-refractivity contribution in [2.75, 3.05) is 31.6 Å². The van der Waals surface area contributed by atoms with Gasteiger partial charge in [0, 0.05) is 12.5 Å². The van der Waals surface area contributed by atoms with E-state index in [4.69, 9.17) is 20.6 Å². The van der Waals surface area contributed by atoms with Crippen LogP contribution < -0.4 is 21.3 Å². The van der Waals surface area contributed by atoms with Gasteiger partial charge >= 0.3 is 6.09 Å². The second kappa shape index (κ2) is 10.8. The molecule has 2 aromatic carbocycles. The van der Waals surface area contributed by atoms with Gasteiger partial charge in [0.25, 0.3) is 0 Å². The topological polar surface area (TPSA) is 147 Å². The molecular weight excluding hydrogens is 445 g/mol.